The highest BCUT2D eigenvalue weighted by Gasteiger charge is 2.55. The van der Waals surface area contributed by atoms with Crippen molar-refractivity contribution in [3.05, 3.63) is 112 Å². The van der Waals surface area contributed by atoms with Gasteiger partial charge in [0.05, 0.1) is 21.8 Å². The number of esters is 1. The van der Waals surface area contributed by atoms with Crippen LogP contribution >= 0.6 is 11.6 Å². The van der Waals surface area contributed by atoms with Crippen LogP contribution in [0.5, 0.6) is 11.5 Å². The molecule has 6 heteroatoms. The number of rotatable bonds is 9. The minimum absolute atomic E-state index is 0.364. The molecule has 2 aliphatic heterocycles. The lowest BCUT2D eigenvalue weighted by Gasteiger charge is -2.39. The number of benzene rings is 4. The SMILES string of the molecule is CCCCN(CCCC)c1cc(Nc2ccccc2)c2c(c1)Oc1c(Cl)cccc1C21OC(=O)c2ccccc21. The van der Waals surface area contributed by atoms with E-state index in [0.717, 1.165) is 67.0 Å². The van der Waals surface area contributed by atoms with Gasteiger partial charge in [-0.3, -0.25) is 0 Å². The van der Waals surface area contributed by atoms with Crippen LogP contribution < -0.4 is 15.0 Å². The van der Waals surface area contributed by atoms with Crippen LogP contribution in [-0.4, -0.2) is 19.1 Å². The molecule has 1 spiro atoms. The van der Waals surface area contributed by atoms with Gasteiger partial charge in [0.2, 0.25) is 0 Å². The van der Waals surface area contributed by atoms with E-state index < -0.39 is 5.60 Å². The van der Waals surface area contributed by atoms with E-state index in [1.807, 2.05) is 72.8 Å². The molecule has 1 N–H and O–H groups in total. The van der Waals surface area contributed by atoms with Gasteiger partial charge in [-0.1, -0.05) is 86.8 Å². The number of unbranched alkanes of at least 4 members (excludes halogenated alkanes) is 2. The van der Waals surface area contributed by atoms with Crippen LogP contribution in [-0.2, 0) is 10.3 Å². The summed E-state index contributed by atoms with van der Waals surface area (Å²) in [7, 11) is 0. The van der Waals surface area contributed by atoms with Crippen molar-refractivity contribution in [3.8, 4) is 11.5 Å². The molecule has 4 aromatic carbocycles. The van der Waals surface area contributed by atoms with Crippen LogP contribution in [0.15, 0.2) is 84.9 Å². The third-order valence-electron chi connectivity index (χ3n) is 7.75. The molecule has 0 saturated heterocycles. The average Bonchev–Trinajstić information content (AvgIpc) is 3.26. The van der Waals surface area contributed by atoms with Gasteiger partial charge >= 0.3 is 5.97 Å². The second-order valence-electron chi connectivity index (χ2n) is 10.4. The highest BCUT2D eigenvalue weighted by Crippen LogP contribution is 2.60. The van der Waals surface area contributed by atoms with Crippen molar-refractivity contribution in [2.24, 2.45) is 0 Å². The molecule has 204 valence electrons. The molecular formula is C34H33ClN2O3. The number of hydrogen-bond acceptors (Lipinski definition) is 5. The van der Waals surface area contributed by atoms with Crippen molar-refractivity contribution < 1.29 is 14.3 Å². The van der Waals surface area contributed by atoms with Crippen LogP contribution in [0, 0.1) is 0 Å². The Kier molecular flexibility index (Phi) is 7.16. The zero-order valence-electron chi connectivity index (χ0n) is 22.9. The van der Waals surface area contributed by atoms with Crippen LogP contribution in [0.4, 0.5) is 17.1 Å². The minimum Gasteiger partial charge on any atom is -0.455 e. The maximum absolute atomic E-state index is 13.4. The van der Waals surface area contributed by atoms with Crippen molar-refractivity contribution in [1.82, 2.24) is 0 Å². The summed E-state index contributed by atoms with van der Waals surface area (Å²) in [6.07, 6.45) is 4.40. The molecule has 2 aliphatic rings. The van der Waals surface area contributed by atoms with E-state index >= 15 is 0 Å². The number of carbonyl (C=O) groups excluding carboxylic acids is 1. The Bertz CT molecular complexity index is 1550. The Hall–Kier alpha value is -3.96. The van der Waals surface area contributed by atoms with Crippen molar-refractivity contribution in [2.45, 2.75) is 45.1 Å². The summed E-state index contributed by atoms with van der Waals surface area (Å²) in [6, 6.07) is 27.5. The van der Waals surface area contributed by atoms with E-state index in [9.17, 15) is 4.79 Å². The van der Waals surface area contributed by atoms with Crippen LogP contribution in [0.2, 0.25) is 5.02 Å². The van der Waals surface area contributed by atoms with Gasteiger partial charge in [-0.2, -0.15) is 0 Å². The van der Waals surface area contributed by atoms with E-state index in [4.69, 9.17) is 21.1 Å². The Morgan fingerprint density at radius 2 is 1.55 bits per heavy atom. The molecule has 5 nitrogen and oxygen atoms in total. The van der Waals surface area contributed by atoms with Gasteiger partial charge in [0.25, 0.3) is 0 Å². The van der Waals surface area contributed by atoms with Crippen LogP contribution in [0.1, 0.15) is 66.6 Å². The number of para-hydroxylation sites is 2. The lowest BCUT2D eigenvalue weighted by atomic mass is 9.76. The summed E-state index contributed by atoms with van der Waals surface area (Å²) in [5.74, 6) is 0.772. The monoisotopic (exact) mass is 552 g/mol. The molecule has 4 aromatic rings. The maximum atomic E-state index is 13.4. The van der Waals surface area contributed by atoms with Crippen molar-refractivity contribution in [1.29, 1.82) is 0 Å². The maximum Gasteiger partial charge on any atom is 0.340 e. The summed E-state index contributed by atoms with van der Waals surface area (Å²) in [5.41, 5.74) is 4.40. The minimum atomic E-state index is -1.21. The first-order valence-corrected chi connectivity index (χ1v) is 14.5. The normalized spacial score (nSPS) is 16.5. The molecule has 0 radical (unpaired) electrons. The Morgan fingerprint density at radius 1 is 0.850 bits per heavy atom. The molecular weight excluding hydrogens is 520 g/mol. The predicted octanol–water partition coefficient (Wildman–Crippen LogP) is 9.06. The summed E-state index contributed by atoms with van der Waals surface area (Å²) in [5, 5.41) is 4.12. The fraction of sp³-hybridized carbons (Fsp3) is 0.265. The number of ether oxygens (including phenoxy) is 2. The molecule has 0 aromatic heterocycles. The fourth-order valence-corrected chi connectivity index (χ4v) is 6.02. The van der Waals surface area contributed by atoms with Crippen molar-refractivity contribution in [3.63, 3.8) is 0 Å². The van der Waals surface area contributed by atoms with E-state index in [1.54, 1.807) is 0 Å². The number of fused-ring (bicyclic) bond motifs is 6. The standard InChI is InChI=1S/C34H33ClN2O3/c1-3-5-19-37(20-6-4-2)24-21-29(36-23-13-8-7-9-14-23)31-30(22-24)39-32-27(17-12-18-28(32)35)34(31)26-16-11-10-15-25(26)33(38)40-34/h7-18,21-22,36H,3-6,19-20H2,1-2H3. The predicted molar refractivity (Wildman–Crippen MR) is 161 cm³/mol. The summed E-state index contributed by atoms with van der Waals surface area (Å²) in [6.45, 7) is 6.32. The highest BCUT2D eigenvalue weighted by molar-refractivity contribution is 6.32. The molecule has 0 fully saturated rings. The van der Waals surface area contributed by atoms with Crippen LogP contribution in [0.25, 0.3) is 0 Å². The summed E-state index contributed by atoms with van der Waals surface area (Å²) in [4.78, 5) is 15.8. The third-order valence-corrected chi connectivity index (χ3v) is 8.05. The Morgan fingerprint density at radius 3 is 2.30 bits per heavy atom. The molecule has 1 atom stereocenters. The van der Waals surface area contributed by atoms with Crippen molar-refractivity contribution in [2.75, 3.05) is 23.3 Å². The zero-order valence-corrected chi connectivity index (χ0v) is 23.6. The largest absolute Gasteiger partial charge is 0.455 e. The zero-order chi connectivity index (χ0) is 27.7. The first kappa shape index (κ1) is 26.3. The number of halogens is 1. The molecule has 40 heavy (non-hydrogen) atoms. The average molecular weight is 553 g/mol. The fourth-order valence-electron chi connectivity index (χ4n) is 5.81. The molecule has 1 unspecified atom stereocenters. The van der Waals surface area contributed by atoms with Crippen molar-refractivity contribution >= 4 is 34.6 Å². The summed E-state index contributed by atoms with van der Waals surface area (Å²) >= 11 is 6.75. The second kappa shape index (κ2) is 10.9. The Balaban J connectivity index is 1.63. The first-order valence-electron chi connectivity index (χ1n) is 14.1. The number of hydrogen-bond donors (Lipinski definition) is 1. The molecule has 0 saturated carbocycles. The quantitative estimate of drug-likeness (QED) is 0.210. The number of nitrogens with one attached hydrogen (secondary N) is 1. The molecule has 2 heterocycles. The van der Waals surface area contributed by atoms with E-state index in [2.05, 4.69) is 36.2 Å². The second-order valence-corrected chi connectivity index (χ2v) is 10.8. The van der Waals surface area contributed by atoms with Gasteiger partial charge < -0.3 is 19.7 Å². The van der Waals surface area contributed by atoms with E-state index in [1.165, 1.54) is 0 Å². The van der Waals surface area contributed by atoms with Crippen LogP contribution in [0.3, 0.4) is 0 Å². The molecule has 0 amide bonds. The summed E-state index contributed by atoms with van der Waals surface area (Å²) < 4.78 is 13.1. The Labute approximate surface area is 240 Å². The van der Waals surface area contributed by atoms with Gasteiger partial charge in [0.1, 0.15) is 5.75 Å². The first-order chi connectivity index (χ1) is 19.6. The smallest absolute Gasteiger partial charge is 0.340 e. The van der Waals surface area contributed by atoms with E-state index in [-0.39, 0.29) is 5.97 Å². The van der Waals surface area contributed by atoms with Gasteiger partial charge in [-0.15, -0.1) is 0 Å². The molecule has 6 rings (SSSR count). The number of carbonyl (C=O) groups is 1. The molecule has 0 bridgehead atoms. The van der Waals surface area contributed by atoms with Gasteiger partial charge in [0, 0.05) is 41.7 Å². The van der Waals surface area contributed by atoms with E-state index in [0.29, 0.717) is 27.6 Å². The lowest BCUT2D eigenvalue weighted by Crippen LogP contribution is -2.34. The third kappa shape index (κ3) is 4.39. The highest BCUT2D eigenvalue weighted by atomic mass is 35.5. The number of anilines is 3. The van der Waals surface area contributed by atoms with Gasteiger partial charge in [-0.25, -0.2) is 4.79 Å². The van der Waals surface area contributed by atoms with Gasteiger partial charge in [-0.05, 0) is 43.2 Å². The lowest BCUT2D eigenvalue weighted by molar-refractivity contribution is 0.0227. The number of nitrogens with zero attached hydrogens (tertiary/aromatic N) is 1. The van der Waals surface area contributed by atoms with Gasteiger partial charge in [0.15, 0.2) is 11.4 Å². The topological polar surface area (TPSA) is 50.8 Å². The molecule has 0 aliphatic carbocycles.